The molecule has 3 aromatic carbocycles. The predicted molar refractivity (Wildman–Crippen MR) is 195 cm³/mol. The minimum Gasteiger partial charge on any atom is -0.504 e. The number of hydrogen-bond donors (Lipinski definition) is 6. The molecule has 1 saturated heterocycles. The van der Waals surface area contributed by atoms with Crippen molar-refractivity contribution in [3.05, 3.63) is 83.4 Å². The van der Waals surface area contributed by atoms with Gasteiger partial charge in [-0.3, -0.25) is 4.79 Å². The Bertz CT molecular complexity index is 1510. The third kappa shape index (κ3) is 19.2. The molecule has 0 bridgehead atoms. The van der Waals surface area contributed by atoms with Crippen LogP contribution in [0.5, 0.6) is 23.0 Å². The van der Waals surface area contributed by atoms with Crippen LogP contribution < -0.4 is 30.7 Å². The van der Waals surface area contributed by atoms with E-state index < -0.39 is 37.2 Å². The fourth-order valence-corrected chi connectivity index (χ4v) is 5.57. The number of nitrogens with one attached hydrogen (secondary N) is 4. The molecule has 6 N–H and O–H groups in total. The van der Waals surface area contributed by atoms with Crippen LogP contribution in [0.15, 0.2) is 66.7 Å². The molecule has 1 aliphatic heterocycles. The molecule has 1 aliphatic rings. The van der Waals surface area contributed by atoms with Gasteiger partial charge in [0.15, 0.2) is 24.7 Å². The summed E-state index contributed by atoms with van der Waals surface area (Å²) in [6.45, 7) is 1.87. The molecule has 54 heavy (non-hydrogen) atoms. The molecule has 9 nitrogen and oxygen atoms in total. The molecule has 1 heterocycles. The summed E-state index contributed by atoms with van der Waals surface area (Å²) in [6, 6.07) is 18.6. The number of piperidine rings is 1. The van der Waals surface area contributed by atoms with Gasteiger partial charge in [0, 0.05) is 12.6 Å². The SMILES string of the molecule is O=C(NCC1CCCCN1)c1cc(OCC(F)(F)F)ccc1OCC(F)(F)F.Oc1ccc(CCNCCCCCCNCCc2ccccc2)cc1O. The molecule has 0 saturated carbocycles. The second-order valence-electron chi connectivity index (χ2n) is 13.0. The second kappa shape index (κ2) is 23.5. The lowest BCUT2D eigenvalue weighted by atomic mass is 10.0. The van der Waals surface area contributed by atoms with Crippen LogP contribution in [0.1, 0.15) is 66.4 Å². The van der Waals surface area contributed by atoms with Crippen LogP contribution in [0.2, 0.25) is 0 Å². The van der Waals surface area contributed by atoms with Gasteiger partial charge in [-0.2, -0.15) is 26.3 Å². The van der Waals surface area contributed by atoms with Gasteiger partial charge in [0.2, 0.25) is 0 Å². The first-order valence-electron chi connectivity index (χ1n) is 18.3. The molecular weight excluding hydrogens is 718 g/mol. The molecule has 300 valence electrons. The summed E-state index contributed by atoms with van der Waals surface area (Å²) in [5.74, 6) is -1.57. The minimum atomic E-state index is -4.63. The summed E-state index contributed by atoms with van der Waals surface area (Å²) < 4.78 is 83.3. The molecule has 4 rings (SSSR count). The number of alkyl halides is 6. The van der Waals surface area contributed by atoms with Crippen molar-refractivity contribution < 1.29 is 50.8 Å². The van der Waals surface area contributed by atoms with Crippen LogP contribution in [0.4, 0.5) is 26.3 Å². The molecule has 1 fully saturated rings. The number of unbranched alkanes of at least 4 members (excludes halogenated alkanes) is 3. The summed E-state index contributed by atoms with van der Waals surface area (Å²) in [6.07, 6.45) is 0.513. The Morgan fingerprint density at radius 1 is 0.722 bits per heavy atom. The number of carbonyl (C=O) groups excluding carboxylic acids is 1. The average molecular weight is 771 g/mol. The van der Waals surface area contributed by atoms with Gasteiger partial charge in [0.25, 0.3) is 5.91 Å². The number of amides is 1. The fraction of sp³-hybridized carbons (Fsp3) is 0.513. The molecule has 0 radical (unpaired) electrons. The number of hydrogen-bond acceptors (Lipinski definition) is 8. The van der Waals surface area contributed by atoms with E-state index >= 15 is 0 Å². The lowest BCUT2D eigenvalue weighted by molar-refractivity contribution is -0.154. The van der Waals surface area contributed by atoms with Gasteiger partial charge in [-0.15, -0.1) is 0 Å². The average Bonchev–Trinajstić information content (AvgIpc) is 3.14. The largest absolute Gasteiger partial charge is 0.504 e. The van der Waals surface area contributed by atoms with Crippen LogP contribution in [0.25, 0.3) is 0 Å². The second-order valence-corrected chi connectivity index (χ2v) is 13.0. The van der Waals surface area contributed by atoms with E-state index in [1.54, 1.807) is 12.1 Å². The highest BCUT2D eigenvalue weighted by molar-refractivity contribution is 5.97. The number of rotatable bonds is 20. The van der Waals surface area contributed by atoms with Gasteiger partial charge >= 0.3 is 12.4 Å². The van der Waals surface area contributed by atoms with Gasteiger partial charge < -0.3 is 41.0 Å². The third-order valence-electron chi connectivity index (χ3n) is 8.43. The van der Waals surface area contributed by atoms with E-state index in [4.69, 9.17) is 0 Å². The van der Waals surface area contributed by atoms with Gasteiger partial charge in [-0.25, -0.2) is 0 Å². The highest BCUT2D eigenvalue weighted by atomic mass is 19.4. The van der Waals surface area contributed by atoms with Crippen LogP contribution in [0.3, 0.4) is 0 Å². The van der Waals surface area contributed by atoms with Crippen molar-refractivity contribution in [2.24, 2.45) is 0 Å². The van der Waals surface area contributed by atoms with E-state index in [0.717, 1.165) is 88.6 Å². The Hall–Kier alpha value is -4.21. The maximum atomic E-state index is 12.4. The number of phenolic OH excluding ortho intramolecular Hbond substituents is 2. The Kier molecular flexibility index (Phi) is 19.3. The quantitative estimate of drug-likeness (QED) is 0.0410. The number of carbonyl (C=O) groups is 1. The van der Waals surface area contributed by atoms with Gasteiger partial charge in [0.1, 0.15) is 11.5 Å². The van der Waals surface area contributed by atoms with Gasteiger partial charge in [-0.1, -0.05) is 55.7 Å². The minimum absolute atomic E-state index is 0.0157. The molecule has 15 heteroatoms. The van der Waals surface area contributed by atoms with E-state index in [-0.39, 0.29) is 35.4 Å². The highest BCUT2D eigenvalue weighted by Gasteiger charge is 2.31. The zero-order chi connectivity index (χ0) is 39.2. The Balaban J connectivity index is 0.000000291. The van der Waals surface area contributed by atoms with Crippen molar-refractivity contribution in [3.63, 3.8) is 0 Å². The zero-order valence-electron chi connectivity index (χ0n) is 30.3. The molecule has 3 aromatic rings. The number of benzene rings is 3. The number of aromatic hydroxyl groups is 2. The summed E-state index contributed by atoms with van der Waals surface area (Å²) >= 11 is 0. The van der Waals surface area contributed by atoms with Crippen LogP contribution >= 0.6 is 0 Å². The normalized spacial score (nSPS) is 14.5. The zero-order valence-corrected chi connectivity index (χ0v) is 30.3. The van der Waals surface area contributed by atoms with E-state index in [2.05, 4.69) is 61.1 Å². The molecule has 1 atom stereocenters. The molecule has 0 spiro atoms. The van der Waals surface area contributed by atoms with Crippen molar-refractivity contribution >= 4 is 5.91 Å². The van der Waals surface area contributed by atoms with Crippen LogP contribution in [0, 0.1) is 0 Å². The summed E-state index contributed by atoms with van der Waals surface area (Å²) in [7, 11) is 0. The summed E-state index contributed by atoms with van der Waals surface area (Å²) in [5, 5.41) is 31.5. The Labute approximate surface area is 312 Å². The Morgan fingerprint density at radius 3 is 1.98 bits per heavy atom. The maximum Gasteiger partial charge on any atom is 0.422 e. The standard InChI is InChI=1S/C22H32N2O2.C17H20F6N2O3/c25-21-11-10-20(18-22(21)26)13-17-24-15-7-2-1-6-14-23-16-12-19-8-4-3-5-9-19;18-16(19,20)9-27-12-4-5-14(28-10-17(21,22)23)13(7-12)15(26)25-8-11-3-1-2-6-24-11/h3-5,8-11,18,23-26H,1-2,6-7,12-17H2;4-5,7,11,24H,1-3,6,8-10H2,(H,25,26). The molecule has 0 aromatic heterocycles. The van der Waals surface area contributed by atoms with E-state index in [1.165, 1.54) is 31.2 Å². The van der Waals surface area contributed by atoms with E-state index in [9.17, 15) is 41.4 Å². The molecule has 1 unspecified atom stereocenters. The predicted octanol–water partition coefficient (Wildman–Crippen LogP) is 7.06. The van der Waals surface area contributed by atoms with E-state index in [0.29, 0.717) is 0 Å². The van der Waals surface area contributed by atoms with Crippen LogP contribution in [-0.2, 0) is 12.8 Å². The van der Waals surface area contributed by atoms with Crippen molar-refractivity contribution in [1.29, 1.82) is 0 Å². The van der Waals surface area contributed by atoms with Crippen molar-refractivity contribution in [2.45, 2.75) is 76.2 Å². The summed E-state index contributed by atoms with van der Waals surface area (Å²) in [4.78, 5) is 12.4. The lowest BCUT2D eigenvalue weighted by Gasteiger charge is -2.24. The fourth-order valence-electron chi connectivity index (χ4n) is 5.57. The highest BCUT2D eigenvalue weighted by Crippen LogP contribution is 2.28. The van der Waals surface area contributed by atoms with Crippen LogP contribution in [-0.4, -0.2) is 87.0 Å². The first kappa shape index (κ1) is 44.2. The lowest BCUT2D eigenvalue weighted by Crippen LogP contribution is -2.43. The number of halogens is 6. The summed E-state index contributed by atoms with van der Waals surface area (Å²) in [5.41, 5.74) is 2.10. The van der Waals surface area contributed by atoms with Gasteiger partial charge in [0.05, 0.1) is 5.56 Å². The maximum absolute atomic E-state index is 12.4. The van der Waals surface area contributed by atoms with Crippen molar-refractivity contribution in [1.82, 2.24) is 21.3 Å². The first-order chi connectivity index (χ1) is 25.8. The molecule has 1 amide bonds. The first-order valence-corrected chi connectivity index (χ1v) is 18.3. The Morgan fingerprint density at radius 2 is 1.37 bits per heavy atom. The smallest absolute Gasteiger partial charge is 0.422 e. The van der Waals surface area contributed by atoms with Crippen molar-refractivity contribution in [2.75, 3.05) is 52.5 Å². The molecular formula is C39H52F6N4O5. The topological polar surface area (TPSA) is 124 Å². The number of phenols is 2. The van der Waals surface area contributed by atoms with E-state index in [1.807, 2.05) is 6.07 Å². The monoisotopic (exact) mass is 770 g/mol. The van der Waals surface area contributed by atoms with Crippen molar-refractivity contribution in [3.8, 4) is 23.0 Å². The third-order valence-corrected chi connectivity index (χ3v) is 8.43. The number of ether oxygens (including phenoxy) is 2. The molecule has 0 aliphatic carbocycles. The van der Waals surface area contributed by atoms with Gasteiger partial charge in [-0.05, 0) is 113 Å².